The van der Waals surface area contributed by atoms with Crippen LogP contribution in [0.25, 0.3) is 0 Å². The number of rotatable bonds is 8. The van der Waals surface area contributed by atoms with Gasteiger partial charge in [-0.25, -0.2) is 4.98 Å². The Morgan fingerprint density at radius 3 is 2.65 bits per heavy atom. The summed E-state index contributed by atoms with van der Waals surface area (Å²) in [5.74, 6) is -4.24. The van der Waals surface area contributed by atoms with Crippen molar-refractivity contribution in [2.45, 2.75) is 11.4 Å². The van der Waals surface area contributed by atoms with Gasteiger partial charge in [0.05, 0.1) is 23.1 Å². The maximum absolute atomic E-state index is 12.6. The van der Waals surface area contributed by atoms with Crippen molar-refractivity contribution >= 4 is 52.6 Å². The number of aromatic nitrogens is 1. The third-order valence-corrected chi connectivity index (χ3v) is 5.84. The molecule has 2 aliphatic rings. The van der Waals surface area contributed by atoms with Crippen LogP contribution in [0.4, 0.5) is 0 Å². The number of thioether (sulfide) groups is 1. The van der Waals surface area contributed by atoms with Gasteiger partial charge in [-0.1, -0.05) is 17.8 Å². The molecule has 1 aromatic rings. The summed E-state index contributed by atoms with van der Waals surface area (Å²) in [5, 5.41) is 28.7. The molecule has 3 rings (SSSR count). The molecule has 0 saturated carbocycles. The maximum Gasteiger partial charge on any atom is 1.00 e. The first-order chi connectivity index (χ1) is 13.8. The monoisotopic (exact) mass is 482 g/mol. The molecule has 0 spiro atoms. The van der Waals surface area contributed by atoms with Crippen LogP contribution in [0, 0.1) is 0 Å². The van der Waals surface area contributed by atoms with Crippen LogP contribution in [0.3, 0.4) is 0 Å². The number of amides is 2. The number of nitrogens with zero attached hydrogens (tertiary/aromatic N) is 3. The summed E-state index contributed by atoms with van der Waals surface area (Å²) < 4.78 is 0. The molecule has 15 heteroatoms. The van der Waals surface area contributed by atoms with Crippen LogP contribution in [0.5, 0.6) is 0 Å². The van der Waals surface area contributed by atoms with E-state index in [1.807, 2.05) is 0 Å². The first-order valence-corrected chi connectivity index (χ1v) is 9.95. The molecule has 2 amide bonds. The number of carboxylic acids is 2. The molecule has 1 saturated heterocycles. The van der Waals surface area contributed by atoms with Crippen LogP contribution in [-0.4, -0.2) is 63.1 Å². The van der Waals surface area contributed by atoms with Crippen LogP contribution in [0.2, 0.25) is 0 Å². The van der Waals surface area contributed by atoms with Crippen molar-refractivity contribution in [3.05, 3.63) is 40.5 Å². The Hall–Kier alpha value is -1.19. The van der Waals surface area contributed by atoms with Crippen LogP contribution in [0.15, 0.2) is 40.0 Å². The van der Waals surface area contributed by atoms with E-state index in [2.05, 4.69) is 26.9 Å². The van der Waals surface area contributed by atoms with E-state index >= 15 is 0 Å². The number of carbonyl (C=O) groups excluding carboxylic acids is 4. The molecule has 1 unspecified atom stereocenters. The predicted octanol–water partition coefficient (Wildman–Crippen LogP) is -8.79. The van der Waals surface area contributed by atoms with Crippen molar-refractivity contribution in [3.63, 3.8) is 0 Å². The molecule has 2 atom stereocenters. The van der Waals surface area contributed by atoms with Gasteiger partial charge in [-0.3, -0.25) is 14.5 Å². The van der Waals surface area contributed by atoms with E-state index in [1.54, 1.807) is 0 Å². The van der Waals surface area contributed by atoms with Gasteiger partial charge in [0.15, 0.2) is 12.3 Å². The molecular weight excluding hydrogens is 470 g/mol. The number of nitrogens with one attached hydrogen (secondary N) is 1. The zero-order chi connectivity index (χ0) is 21.1. The topological polar surface area (TPSA) is 164 Å². The standard InChI is InChI=1S/C16H14N4O7S2.2Na/c1-2-7-4-29-15-11(14(24)20(15)12(7)16(25)26)18-13(23)10(8-5-28-6-17-8)19-27-3-9(21)22;;/h2,5-6,11,15H,1,3-4H2,(H,18,23)(H,21,22)(H,25,26);;/q;2*+1/p-2/t11?,15-;;/m1../s1. The summed E-state index contributed by atoms with van der Waals surface area (Å²) in [5.41, 5.74) is 1.30. The van der Waals surface area contributed by atoms with Crippen molar-refractivity contribution in [1.82, 2.24) is 15.2 Å². The van der Waals surface area contributed by atoms with Crippen LogP contribution in [0.1, 0.15) is 5.69 Å². The first-order valence-electron chi connectivity index (χ1n) is 7.96. The van der Waals surface area contributed by atoms with Gasteiger partial charge in [0.2, 0.25) is 0 Å². The number of fused-ring (bicyclic) bond motifs is 1. The zero-order valence-corrected chi connectivity index (χ0v) is 22.2. The molecule has 0 bridgehead atoms. The summed E-state index contributed by atoms with van der Waals surface area (Å²) in [6.45, 7) is 2.66. The third-order valence-electron chi connectivity index (χ3n) is 3.95. The van der Waals surface area contributed by atoms with Gasteiger partial charge < -0.3 is 30.0 Å². The second kappa shape index (κ2) is 12.2. The molecule has 2 aliphatic heterocycles. The molecule has 3 heterocycles. The summed E-state index contributed by atoms with van der Waals surface area (Å²) in [7, 11) is 0. The van der Waals surface area contributed by atoms with Crippen LogP contribution < -0.4 is 74.6 Å². The molecule has 31 heavy (non-hydrogen) atoms. The van der Waals surface area contributed by atoms with Crippen molar-refractivity contribution < 1.29 is 93.3 Å². The number of hydrogen-bond acceptors (Lipinski definition) is 11. The van der Waals surface area contributed by atoms with Crippen molar-refractivity contribution in [2.24, 2.45) is 5.16 Å². The minimum atomic E-state index is -1.53. The van der Waals surface area contributed by atoms with Crippen molar-refractivity contribution in [1.29, 1.82) is 0 Å². The molecular formula is C16H12N4Na2O7S2. The molecule has 0 aliphatic carbocycles. The molecule has 0 radical (unpaired) electrons. The second-order valence-electron chi connectivity index (χ2n) is 5.69. The largest absolute Gasteiger partial charge is 1.00 e. The quantitative estimate of drug-likeness (QED) is 0.164. The number of thiazole rings is 1. The fourth-order valence-electron chi connectivity index (χ4n) is 2.68. The van der Waals surface area contributed by atoms with Gasteiger partial charge in [-0.15, -0.1) is 23.1 Å². The van der Waals surface area contributed by atoms with Crippen LogP contribution in [-0.2, 0) is 24.0 Å². The van der Waals surface area contributed by atoms with Gasteiger partial charge in [-0.2, -0.15) is 0 Å². The Morgan fingerprint density at radius 2 is 2.10 bits per heavy atom. The normalized spacial score (nSPS) is 19.8. The van der Waals surface area contributed by atoms with E-state index in [4.69, 9.17) is 0 Å². The fourth-order valence-corrected chi connectivity index (χ4v) is 4.56. The SMILES string of the molecule is C=CC1=C(C(=O)[O-])N2C(=O)C(NC(=O)C(=NOCC(=O)[O-])c3cscn3)[C@H]2SC1.[Na+].[Na+]. The Kier molecular flexibility index (Phi) is 10.9. The zero-order valence-electron chi connectivity index (χ0n) is 16.5. The molecule has 0 aromatic carbocycles. The van der Waals surface area contributed by atoms with E-state index in [0.29, 0.717) is 5.57 Å². The average Bonchev–Trinajstić information content (AvgIpc) is 3.21. The van der Waals surface area contributed by atoms with Gasteiger partial charge >= 0.3 is 59.1 Å². The van der Waals surface area contributed by atoms with E-state index in [-0.39, 0.29) is 82.0 Å². The summed E-state index contributed by atoms with van der Waals surface area (Å²) >= 11 is 2.42. The predicted molar refractivity (Wildman–Crippen MR) is 96.9 cm³/mol. The van der Waals surface area contributed by atoms with Crippen LogP contribution >= 0.6 is 23.1 Å². The minimum Gasteiger partial charge on any atom is -0.546 e. The molecule has 152 valence electrons. The summed E-state index contributed by atoms with van der Waals surface area (Å²) in [4.78, 5) is 56.5. The number of carboxylic acid groups (broad SMARTS) is 2. The molecule has 1 N–H and O–H groups in total. The van der Waals surface area contributed by atoms with E-state index in [9.17, 15) is 29.4 Å². The summed E-state index contributed by atoms with van der Waals surface area (Å²) in [6.07, 6.45) is 1.34. The molecule has 1 aromatic heterocycles. The van der Waals surface area contributed by atoms with Crippen molar-refractivity contribution in [2.75, 3.05) is 12.4 Å². The van der Waals surface area contributed by atoms with E-state index < -0.39 is 41.8 Å². The first kappa shape index (κ1) is 27.8. The Labute approximate surface area is 228 Å². The van der Waals surface area contributed by atoms with E-state index in [0.717, 1.165) is 4.90 Å². The number of allylic oxidation sites excluding steroid dienone is 1. The second-order valence-corrected chi connectivity index (χ2v) is 7.51. The average molecular weight is 482 g/mol. The molecule has 11 nitrogen and oxygen atoms in total. The van der Waals surface area contributed by atoms with Gasteiger partial charge in [0.25, 0.3) is 11.8 Å². The number of β-lactam (4-membered cyclic amide) rings is 1. The van der Waals surface area contributed by atoms with Gasteiger partial charge in [0.1, 0.15) is 17.1 Å². The number of oxime groups is 1. The fraction of sp³-hybridized carbons (Fsp3) is 0.250. The Morgan fingerprint density at radius 1 is 1.39 bits per heavy atom. The smallest absolute Gasteiger partial charge is 0.546 e. The number of carbonyl (C=O) groups is 4. The Balaban J connectivity index is 0.00000240. The molecule has 1 fully saturated rings. The number of aliphatic carboxylic acids is 2. The maximum atomic E-state index is 12.6. The van der Waals surface area contributed by atoms with Gasteiger partial charge in [0, 0.05) is 11.1 Å². The minimum absolute atomic E-state index is 0. The van der Waals surface area contributed by atoms with Crippen molar-refractivity contribution in [3.8, 4) is 0 Å². The van der Waals surface area contributed by atoms with E-state index in [1.165, 1.54) is 40.1 Å². The summed E-state index contributed by atoms with van der Waals surface area (Å²) in [6, 6.07) is -1.02. The third kappa shape index (κ3) is 5.99. The van der Waals surface area contributed by atoms with Gasteiger partial charge in [-0.05, 0) is 5.57 Å². The number of hydrogen-bond donors (Lipinski definition) is 1. The Bertz CT molecular complexity index is 952.